The van der Waals surface area contributed by atoms with Gasteiger partial charge in [-0.25, -0.2) is 4.98 Å². The van der Waals surface area contributed by atoms with Gasteiger partial charge in [-0.1, -0.05) is 175 Å². The van der Waals surface area contributed by atoms with Crippen molar-refractivity contribution in [3.05, 3.63) is 18.7 Å². The van der Waals surface area contributed by atoms with Gasteiger partial charge in [0, 0.05) is 31.8 Å². The Kier molecular flexibility index (Phi) is 39.4. The SMILES string of the molecule is CCCCCCCCCCCOC(=O)CCCCCCCN(CCCCCCCC(=O)OC(CCCCCCCC)CCCCCCCC)CCCn1ccnc1. The van der Waals surface area contributed by atoms with Crippen molar-refractivity contribution in [1.82, 2.24) is 14.5 Å². The standard InChI is InChI=1S/C50H95N3O4/c1-4-7-10-13-16-17-18-27-34-46-56-49(54)38-30-23-19-25-32-41-52(43-35-44-53-45-40-51-47-53)42-33-26-20-24-31-39-50(55)57-48(36-28-21-14-11-8-5-2)37-29-22-15-12-9-6-3/h40,45,47-48H,4-39,41-44,46H2,1-3H3. The smallest absolute Gasteiger partial charge is 0.306 e. The third-order valence-electron chi connectivity index (χ3n) is 11.7. The summed E-state index contributed by atoms with van der Waals surface area (Å²) in [6.45, 7) is 11.8. The molecular formula is C50H95N3O4. The molecule has 57 heavy (non-hydrogen) atoms. The molecule has 0 spiro atoms. The number of rotatable bonds is 45. The van der Waals surface area contributed by atoms with Crippen molar-refractivity contribution >= 4 is 11.9 Å². The van der Waals surface area contributed by atoms with E-state index in [1.165, 1.54) is 167 Å². The Morgan fingerprint density at radius 2 is 0.930 bits per heavy atom. The maximum atomic E-state index is 12.8. The highest BCUT2D eigenvalue weighted by Crippen LogP contribution is 2.19. The molecule has 0 saturated heterocycles. The van der Waals surface area contributed by atoms with Crippen LogP contribution < -0.4 is 0 Å². The summed E-state index contributed by atoms with van der Waals surface area (Å²) >= 11 is 0. The van der Waals surface area contributed by atoms with Gasteiger partial charge < -0.3 is 18.9 Å². The van der Waals surface area contributed by atoms with Crippen molar-refractivity contribution < 1.29 is 19.1 Å². The van der Waals surface area contributed by atoms with Crippen molar-refractivity contribution in [1.29, 1.82) is 0 Å². The van der Waals surface area contributed by atoms with Gasteiger partial charge in [0.05, 0.1) is 12.9 Å². The molecule has 0 fully saturated rings. The van der Waals surface area contributed by atoms with Gasteiger partial charge in [-0.15, -0.1) is 0 Å². The number of carbonyl (C=O) groups is 2. The molecule has 334 valence electrons. The molecule has 0 atom stereocenters. The fraction of sp³-hybridized carbons (Fsp3) is 0.900. The maximum Gasteiger partial charge on any atom is 0.306 e. The third-order valence-corrected chi connectivity index (χ3v) is 11.7. The van der Waals surface area contributed by atoms with Gasteiger partial charge in [-0.2, -0.15) is 0 Å². The average molecular weight is 802 g/mol. The van der Waals surface area contributed by atoms with Gasteiger partial charge in [0.1, 0.15) is 6.10 Å². The van der Waals surface area contributed by atoms with Gasteiger partial charge in [0.15, 0.2) is 0 Å². The van der Waals surface area contributed by atoms with Gasteiger partial charge in [-0.3, -0.25) is 9.59 Å². The lowest BCUT2D eigenvalue weighted by Gasteiger charge is -2.22. The van der Waals surface area contributed by atoms with Crippen LogP contribution in [0.15, 0.2) is 18.7 Å². The molecule has 0 saturated carbocycles. The summed E-state index contributed by atoms with van der Waals surface area (Å²) in [5, 5.41) is 0. The van der Waals surface area contributed by atoms with Crippen molar-refractivity contribution in [2.45, 2.75) is 265 Å². The molecule has 0 aliphatic carbocycles. The molecule has 1 rings (SSSR count). The first-order chi connectivity index (χ1) is 28.1. The van der Waals surface area contributed by atoms with E-state index in [-0.39, 0.29) is 18.0 Å². The monoisotopic (exact) mass is 802 g/mol. The molecular weight excluding hydrogens is 707 g/mol. The second-order valence-electron chi connectivity index (χ2n) is 17.3. The molecule has 7 heteroatoms. The van der Waals surface area contributed by atoms with Crippen LogP contribution in [-0.2, 0) is 25.6 Å². The molecule has 1 aromatic rings. The molecule has 0 radical (unpaired) electrons. The van der Waals surface area contributed by atoms with Crippen molar-refractivity contribution in [3.8, 4) is 0 Å². The van der Waals surface area contributed by atoms with Gasteiger partial charge in [-0.05, 0) is 83.8 Å². The van der Waals surface area contributed by atoms with E-state index >= 15 is 0 Å². The zero-order valence-electron chi connectivity index (χ0n) is 38.3. The number of aromatic nitrogens is 2. The number of hydrogen-bond acceptors (Lipinski definition) is 6. The third kappa shape index (κ3) is 36.9. The molecule has 1 aromatic heterocycles. The molecule has 0 aliphatic heterocycles. The van der Waals surface area contributed by atoms with E-state index in [0.29, 0.717) is 19.4 Å². The zero-order valence-corrected chi connectivity index (χ0v) is 38.3. The molecule has 0 amide bonds. The lowest BCUT2D eigenvalue weighted by molar-refractivity contribution is -0.150. The van der Waals surface area contributed by atoms with Crippen LogP contribution >= 0.6 is 0 Å². The van der Waals surface area contributed by atoms with E-state index in [0.717, 1.165) is 77.5 Å². The van der Waals surface area contributed by atoms with Crippen molar-refractivity contribution in [2.75, 3.05) is 26.2 Å². The largest absolute Gasteiger partial charge is 0.466 e. The first kappa shape index (κ1) is 53.1. The number of carbonyl (C=O) groups excluding carboxylic acids is 2. The number of aryl methyl sites for hydroxylation is 1. The van der Waals surface area contributed by atoms with Gasteiger partial charge >= 0.3 is 11.9 Å². The van der Waals surface area contributed by atoms with Crippen LogP contribution in [0.5, 0.6) is 0 Å². The van der Waals surface area contributed by atoms with Crippen LogP contribution in [0.2, 0.25) is 0 Å². The first-order valence-corrected chi connectivity index (χ1v) is 25.1. The predicted octanol–water partition coefficient (Wildman–Crippen LogP) is 14.7. The maximum absolute atomic E-state index is 12.8. The topological polar surface area (TPSA) is 73.7 Å². The Morgan fingerprint density at radius 1 is 0.509 bits per heavy atom. The number of ether oxygens (including phenoxy) is 2. The van der Waals surface area contributed by atoms with Crippen LogP contribution in [0.3, 0.4) is 0 Å². The summed E-state index contributed by atoms with van der Waals surface area (Å²) in [6, 6.07) is 0. The highest BCUT2D eigenvalue weighted by Gasteiger charge is 2.14. The lowest BCUT2D eigenvalue weighted by Crippen LogP contribution is -2.28. The van der Waals surface area contributed by atoms with Crippen LogP contribution in [0.25, 0.3) is 0 Å². The number of esters is 2. The number of hydrogen-bond donors (Lipinski definition) is 0. The number of imidazole rings is 1. The lowest BCUT2D eigenvalue weighted by atomic mass is 10.0. The Morgan fingerprint density at radius 3 is 1.42 bits per heavy atom. The summed E-state index contributed by atoms with van der Waals surface area (Å²) in [5.74, 6) is 0.0233. The molecule has 0 unspecified atom stereocenters. The normalized spacial score (nSPS) is 11.6. The molecule has 0 N–H and O–H groups in total. The van der Waals surface area contributed by atoms with E-state index in [1.54, 1.807) is 0 Å². The minimum atomic E-state index is -0.00944. The minimum Gasteiger partial charge on any atom is -0.466 e. The van der Waals surface area contributed by atoms with Gasteiger partial charge in [0.2, 0.25) is 0 Å². The average Bonchev–Trinajstić information content (AvgIpc) is 3.73. The van der Waals surface area contributed by atoms with E-state index < -0.39 is 0 Å². The summed E-state index contributed by atoms with van der Waals surface area (Å²) in [6.07, 6.45) is 48.7. The Hall–Kier alpha value is -1.89. The first-order valence-electron chi connectivity index (χ1n) is 25.1. The Labute approximate surface area is 354 Å². The Balaban J connectivity index is 2.22. The fourth-order valence-electron chi connectivity index (χ4n) is 7.98. The van der Waals surface area contributed by atoms with Crippen molar-refractivity contribution in [2.24, 2.45) is 0 Å². The van der Waals surface area contributed by atoms with Crippen molar-refractivity contribution in [3.63, 3.8) is 0 Å². The highest BCUT2D eigenvalue weighted by atomic mass is 16.5. The molecule has 0 bridgehead atoms. The fourth-order valence-corrected chi connectivity index (χ4v) is 7.98. The van der Waals surface area contributed by atoms with Gasteiger partial charge in [0.25, 0.3) is 0 Å². The second kappa shape index (κ2) is 42.2. The molecule has 0 aliphatic rings. The van der Waals surface area contributed by atoms with E-state index in [2.05, 4.69) is 41.4 Å². The van der Waals surface area contributed by atoms with Crippen LogP contribution in [-0.4, -0.2) is 58.7 Å². The van der Waals surface area contributed by atoms with Crippen LogP contribution in [0.1, 0.15) is 252 Å². The summed E-state index contributed by atoms with van der Waals surface area (Å²) in [5.41, 5.74) is 0. The van der Waals surface area contributed by atoms with E-state index in [9.17, 15) is 9.59 Å². The summed E-state index contributed by atoms with van der Waals surface area (Å²) in [7, 11) is 0. The molecule has 0 aromatic carbocycles. The molecule has 7 nitrogen and oxygen atoms in total. The summed E-state index contributed by atoms with van der Waals surface area (Å²) in [4.78, 5) is 31.9. The van der Waals surface area contributed by atoms with E-state index in [1.807, 2.05) is 12.5 Å². The van der Waals surface area contributed by atoms with Crippen LogP contribution in [0.4, 0.5) is 0 Å². The highest BCUT2D eigenvalue weighted by molar-refractivity contribution is 5.69. The number of unbranched alkanes of at least 4 members (excludes halogenated alkanes) is 26. The van der Waals surface area contributed by atoms with E-state index in [4.69, 9.17) is 9.47 Å². The molecule has 1 heterocycles. The summed E-state index contributed by atoms with van der Waals surface area (Å²) < 4.78 is 13.7. The zero-order chi connectivity index (χ0) is 41.1. The predicted molar refractivity (Wildman–Crippen MR) is 243 cm³/mol. The number of nitrogens with zero attached hydrogens (tertiary/aromatic N) is 3. The second-order valence-corrected chi connectivity index (χ2v) is 17.3. The quantitative estimate of drug-likeness (QED) is 0.0483. The minimum absolute atomic E-state index is 0.00944. The Bertz CT molecular complexity index is 955. The van der Waals surface area contributed by atoms with Crippen LogP contribution in [0, 0.1) is 0 Å².